The van der Waals surface area contributed by atoms with Crippen molar-refractivity contribution in [3.8, 4) is 0 Å². The monoisotopic (exact) mass is 339 g/mol. The van der Waals surface area contributed by atoms with Gasteiger partial charge in [0.25, 0.3) is 0 Å². The number of carbonyl (C=O) groups is 1. The molecule has 3 rings (SSSR count). The van der Waals surface area contributed by atoms with Crippen molar-refractivity contribution in [2.45, 2.75) is 19.0 Å². The fraction of sp³-hybridized carbons (Fsp3) is 0.688. The Hall–Kier alpha value is -1.15. The van der Waals surface area contributed by atoms with Crippen LogP contribution in [0.2, 0.25) is 0 Å². The van der Waals surface area contributed by atoms with Crippen LogP contribution in [0.5, 0.6) is 0 Å². The molecule has 0 saturated carbocycles. The SMILES string of the molecule is C[C@H]1COCCN1C(=O)NC[C@H](c1cccs1)N1CCOCC1. The summed E-state index contributed by atoms with van der Waals surface area (Å²) in [5.41, 5.74) is 0. The Morgan fingerprint density at radius 3 is 2.83 bits per heavy atom. The molecule has 0 spiro atoms. The summed E-state index contributed by atoms with van der Waals surface area (Å²) >= 11 is 1.75. The van der Waals surface area contributed by atoms with Gasteiger partial charge in [0.2, 0.25) is 0 Å². The number of urea groups is 1. The highest BCUT2D eigenvalue weighted by molar-refractivity contribution is 7.10. The molecule has 1 N–H and O–H groups in total. The summed E-state index contributed by atoms with van der Waals surface area (Å²) in [6, 6.07) is 4.58. The molecule has 1 aromatic rings. The van der Waals surface area contributed by atoms with Gasteiger partial charge in [-0.3, -0.25) is 4.90 Å². The highest BCUT2D eigenvalue weighted by Crippen LogP contribution is 2.25. The lowest BCUT2D eigenvalue weighted by molar-refractivity contribution is 0.0121. The van der Waals surface area contributed by atoms with Crippen molar-refractivity contribution in [1.82, 2.24) is 15.1 Å². The molecule has 1 aromatic heterocycles. The minimum Gasteiger partial charge on any atom is -0.379 e. The molecule has 2 aliphatic rings. The normalized spacial score (nSPS) is 24.4. The van der Waals surface area contributed by atoms with Crippen LogP contribution >= 0.6 is 11.3 Å². The molecular formula is C16H25N3O3S. The first-order chi connectivity index (χ1) is 11.3. The number of morpholine rings is 2. The van der Waals surface area contributed by atoms with Gasteiger partial charge in [0, 0.05) is 31.1 Å². The van der Waals surface area contributed by atoms with E-state index >= 15 is 0 Å². The molecule has 2 amide bonds. The Bertz CT molecular complexity index is 491. The molecule has 7 heteroatoms. The third-order valence-electron chi connectivity index (χ3n) is 4.43. The predicted octanol–water partition coefficient (Wildman–Crippen LogP) is 1.55. The lowest BCUT2D eigenvalue weighted by Crippen LogP contribution is -2.52. The van der Waals surface area contributed by atoms with E-state index in [9.17, 15) is 4.79 Å². The van der Waals surface area contributed by atoms with Crippen molar-refractivity contribution in [3.63, 3.8) is 0 Å². The van der Waals surface area contributed by atoms with Gasteiger partial charge >= 0.3 is 6.03 Å². The van der Waals surface area contributed by atoms with Crippen LogP contribution in [0.1, 0.15) is 17.8 Å². The molecule has 2 saturated heterocycles. The Morgan fingerprint density at radius 1 is 1.35 bits per heavy atom. The second-order valence-corrected chi connectivity index (χ2v) is 6.96. The molecule has 0 bridgehead atoms. The summed E-state index contributed by atoms with van der Waals surface area (Å²) < 4.78 is 10.9. The third kappa shape index (κ3) is 4.23. The Balaban J connectivity index is 1.60. The molecule has 6 nitrogen and oxygen atoms in total. The number of nitrogens with one attached hydrogen (secondary N) is 1. The summed E-state index contributed by atoms with van der Waals surface area (Å²) in [7, 11) is 0. The molecule has 0 radical (unpaired) electrons. The van der Waals surface area contributed by atoms with Crippen LogP contribution in [-0.4, -0.2) is 74.5 Å². The van der Waals surface area contributed by atoms with E-state index in [0.29, 0.717) is 26.3 Å². The minimum atomic E-state index is 0.00983. The van der Waals surface area contributed by atoms with Crippen molar-refractivity contribution >= 4 is 17.4 Å². The van der Waals surface area contributed by atoms with Crippen LogP contribution in [0.3, 0.4) is 0 Å². The van der Waals surface area contributed by atoms with Gasteiger partial charge in [-0.1, -0.05) is 6.07 Å². The lowest BCUT2D eigenvalue weighted by atomic mass is 10.2. The van der Waals surface area contributed by atoms with Crippen LogP contribution in [-0.2, 0) is 9.47 Å². The molecule has 128 valence electrons. The van der Waals surface area contributed by atoms with Gasteiger partial charge in [0.05, 0.1) is 38.5 Å². The van der Waals surface area contributed by atoms with Gasteiger partial charge in [0.15, 0.2) is 0 Å². The van der Waals surface area contributed by atoms with Gasteiger partial charge in [-0.05, 0) is 18.4 Å². The van der Waals surface area contributed by atoms with Crippen molar-refractivity contribution in [1.29, 1.82) is 0 Å². The first kappa shape index (κ1) is 16.7. The van der Waals surface area contributed by atoms with E-state index in [4.69, 9.17) is 9.47 Å². The fourth-order valence-corrected chi connectivity index (χ4v) is 3.95. The first-order valence-corrected chi connectivity index (χ1v) is 9.11. The number of hydrogen-bond acceptors (Lipinski definition) is 5. The maximum atomic E-state index is 12.5. The number of nitrogens with zero attached hydrogens (tertiary/aromatic N) is 2. The van der Waals surface area contributed by atoms with Crippen LogP contribution in [0.4, 0.5) is 4.79 Å². The lowest BCUT2D eigenvalue weighted by Gasteiger charge is -2.36. The molecule has 3 heterocycles. The quantitative estimate of drug-likeness (QED) is 0.904. The number of carbonyl (C=O) groups excluding carboxylic acids is 1. The summed E-state index contributed by atoms with van der Waals surface area (Å²) in [6.45, 7) is 7.89. The molecule has 2 aliphatic heterocycles. The summed E-state index contributed by atoms with van der Waals surface area (Å²) in [5.74, 6) is 0. The summed E-state index contributed by atoms with van der Waals surface area (Å²) in [4.78, 5) is 18.0. The summed E-state index contributed by atoms with van der Waals surface area (Å²) in [6.07, 6.45) is 0. The van der Waals surface area contributed by atoms with E-state index in [1.165, 1.54) is 4.88 Å². The highest BCUT2D eigenvalue weighted by Gasteiger charge is 2.27. The molecule has 2 atom stereocenters. The number of ether oxygens (including phenoxy) is 2. The van der Waals surface area contributed by atoms with E-state index in [0.717, 1.165) is 26.3 Å². The number of rotatable bonds is 4. The van der Waals surface area contributed by atoms with Gasteiger partial charge < -0.3 is 19.7 Å². The Kier molecular flexibility index (Phi) is 5.88. The van der Waals surface area contributed by atoms with Crippen molar-refractivity contribution in [2.75, 3.05) is 52.6 Å². The standard InChI is InChI=1S/C16H25N3O3S/c1-13-12-22-9-6-19(13)16(20)17-11-14(15-3-2-10-23-15)18-4-7-21-8-5-18/h2-3,10,13-14H,4-9,11-12H2,1H3,(H,17,20)/t13-,14+/m0/s1. The van der Waals surface area contributed by atoms with Crippen LogP contribution < -0.4 is 5.32 Å². The zero-order valence-corrected chi connectivity index (χ0v) is 14.4. The summed E-state index contributed by atoms with van der Waals surface area (Å²) in [5, 5.41) is 5.22. The molecule has 2 fully saturated rings. The van der Waals surface area contributed by atoms with Gasteiger partial charge in [-0.25, -0.2) is 4.79 Å². The fourth-order valence-electron chi connectivity index (χ4n) is 3.09. The highest BCUT2D eigenvalue weighted by atomic mass is 32.1. The molecule has 0 aromatic carbocycles. The predicted molar refractivity (Wildman–Crippen MR) is 89.8 cm³/mol. The zero-order chi connectivity index (χ0) is 16.1. The first-order valence-electron chi connectivity index (χ1n) is 8.23. The minimum absolute atomic E-state index is 0.00983. The van der Waals surface area contributed by atoms with Crippen LogP contribution in [0, 0.1) is 0 Å². The van der Waals surface area contributed by atoms with Crippen molar-refractivity contribution in [2.24, 2.45) is 0 Å². The van der Waals surface area contributed by atoms with E-state index in [1.54, 1.807) is 11.3 Å². The molecular weight excluding hydrogens is 314 g/mol. The third-order valence-corrected chi connectivity index (χ3v) is 5.41. The smallest absolute Gasteiger partial charge is 0.317 e. The van der Waals surface area contributed by atoms with Crippen LogP contribution in [0.15, 0.2) is 17.5 Å². The average Bonchev–Trinajstić information content (AvgIpc) is 3.10. The maximum absolute atomic E-state index is 12.5. The zero-order valence-electron chi connectivity index (χ0n) is 13.6. The van der Waals surface area contributed by atoms with E-state index < -0.39 is 0 Å². The second kappa shape index (κ2) is 8.10. The number of amides is 2. The largest absolute Gasteiger partial charge is 0.379 e. The Labute approximate surface area is 141 Å². The Morgan fingerprint density at radius 2 is 2.13 bits per heavy atom. The topological polar surface area (TPSA) is 54.0 Å². The number of thiophene rings is 1. The molecule has 0 unspecified atom stereocenters. The van der Waals surface area contributed by atoms with Crippen molar-refractivity contribution in [3.05, 3.63) is 22.4 Å². The maximum Gasteiger partial charge on any atom is 0.317 e. The number of hydrogen-bond donors (Lipinski definition) is 1. The average molecular weight is 339 g/mol. The van der Waals surface area contributed by atoms with E-state index in [2.05, 4.69) is 27.7 Å². The second-order valence-electron chi connectivity index (χ2n) is 5.98. The van der Waals surface area contributed by atoms with Gasteiger partial charge in [-0.15, -0.1) is 11.3 Å². The van der Waals surface area contributed by atoms with Gasteiger partial charge in [0.1, 0.15) is 0 Å². The van der Waals surface area contributed by atoms with Crippen LogP contribution in [0.25, 0.3) is 0 Å². The molecule has 0 aliphatic carbocycles. The van der Waals surface area contributed by atoms with Crippen molar-refractivity contribution < 1.29 is 14.3 Å². The van der Waals surface area contributed by atoms with E-state index in [-0.39, 0.29) is 18.1 Å². The molecule has 23 heavy (non-hydrogen) atoms. The van der Waals surface area contributed by atoms with Gasteiger partial charge in [-0.2, -0.15) is 0 Å². The van der Waals surface area contributed by atoms with E-state index in [1.807, 2.05) is 11.8 Å².